The van der Waals surface area contributed by atoms with E-state index >= 15 is 0 Å². The average molecular weight is 285 g/mol. The first kappa shape index (κ1) is 14.3. The van der Waals surface area contributed by atoms with Crippen LogP contribution < -0.4 is 5.73 Å². The van der Waals surface area contributed by atoms with Gasteiger partial charge in [0.05, 0.1) is 11.8 Å². The molecule has 1 aliphatic heterocycles. The molecule has 3 rings (SSSR count). The molecule has 0 radical (unpaired) electrons. The van der Waals surface area contributed by atoms with E-state index in [0.717, 1.165) is 30.8 Å². The van der Waals surface area contributed by atoms with Crippen molar-refractivity contribution in [2.45, 2.75) is 25.8 Å². The van der Waals surface area contributed by atoms with Crippen molar-refractivity contribution in [2.24, 2.45) is 24.6 Å². The van der Waals surface area contributed by atoms with Gasteiger partial charge in [0, 0.05) is 31.9 Å². The van der Waals surface area contributed by atoms with E-state index in [-0.39, 0.29) is 24.4 Å². The number of aryl methyl sites for hydroxylation is 1. The fourth-order valence-electron chi connectivity index (χ4n) is 3.35. The lowest BCUT2D eigenvalue weighted by atomic mass is 9.98. The number of nitrogens with two attached hydrogens (primary N) is 1. The van der Waals surface area contributed by atoms with E-state index in [1.807, 2.05) is 18.9 Å². The molecular weight excluding hydrogens is 264 g/mol. The highest BCUT2D eigenvalue weighted by molar-refractivity contribution is 5.95. The smallest absolute Gasteiger partial charge is 0.257 e. The predicted molar refractivity (Wildman–Crippen MR) is 75.3 cm³/mol. The zero-order valence-electron chi connectivity index (χ0n) is 11.4. The fourth-order valence-corrected chi connectivity index (χ4v) is 3.35. The van der Waals surface area contributed by atoms with Gasteiger partial charge in [-0.25, -0.2) is 0 Å². The van der Waals surface area contributed by atoms with E-state index in [4.69, 9.17) is 5.73 Å². The third kappa shape index (κ3) is 2.25. The molecule has 1 aromatic rings. The van der Waals surface area contributed by atoms with Crippen LogP contribution in [-0.4, -0.2) is 39.7 Å². The molecule has 1 aliphatic carbocycles. The van der Waals surface area contributed by atoms with Gasteiger partial charge in [-0.3, -0.25) is 9.48 Å². The van der Waals surface area contributed by atoms with Crippen LogP contribution in [0.2, 0.25) is 0 Å². The van der Waals surface area contributed by atoms with Crippen LogP contribution in [0.1, 0.15) is 28.9 Å². The number of likely N-dealkylation sites (tertiary alicyclic amines) is 1. The second-order valence-corrected chi connectivity index (χ2v) is 5.64. The summed E-state index contributed by atoms with van der Waals surface area (Å²) in [6.45, 7) is 3.62. The highest BCUT2D eigenvalue weighted by atomic mass is 35.5. The highest BCUT2D eigenvalue weighted by Gasteiger charge is 2.42. The van der Waals surface area contributed by atoms with Crippen LogP contribution in [0.15, 0.2) is 6.20 Å². The molecule has 1 saturated heterocycles. The normalized spacial score (nSPS) is 29.2. The molecule has 3 atom stereocenters. The molecule has 3 unspecified atom stereocenters. The molecule has 5 nitrogen and oxygen atoms in total. The molecule has 0 spiro atoms. The predicted octanol–water partition coefficient (Wildman–Crippen LogP) is 0.960. The lowest BCUT2D eigenvalue weighted by Gasteiger charge is -2.18. The van der Waals surface area contributed by atoms with Gasteiger partial charge in [-0.05, 0) is 31.6 Å². The number of rotatable bonds is 1. The maximum absolute atomic E-state index is 12.5. The molecule has 1 saturated carbocycles. The Balaban J connectivity index is 0.00000133. The minimum absolute atomic E-state index is 0. The van der Waals surface area contributed by atoms with Crippen molar-refractivity contribution in [1.29, 1.82) is 0 Å². The first-order valence-corrected chi connectivity index (χ1v) is 6.61. The maximum atomic E-state index is 12.5. The number of nitrogens with zero attached hydrogens (tertiary/aromatic N) is 3. The monoisotopic (exact) mass is 284 g/mol. The Kier molecular flexibility index (Phi) is 3.87. The first-order valence-electron chi connectivity index (χ1n) is 6.61. The second-order valence-electron chi connectivity index (χ2n) is 5.64. The Morgan fingerprint density at radius 2 is 2.16 bits per heavy atom. The van der Waals surface area contributed by atoms with Crippen LogP contribution in [-0.2, 0) is 7.05 Å². The molecule has 1 aromatic heterocycles. The van der Waals surface area contributed by atoms with Crippen molar-refractivity contribution >= 4 is 18.3 Å². The Morgan fingerprint density at radius 1 is 1.42 bits per heavy atom. The van der Waals surface area contributed by atoms with Crippen molar-refractivity contribution in [3.05, 3.63) is 17.5 Å². The summed E-state index contributed by atoms with van der Waals surface area (Å²) in [6, 6.07) is 0.280. The highest BCUT2D eigenvalue weighted by Crippen LogP contribution is 2.37. The molecule has 6 heteroatoms. The van der Waals surface area contributed by atoms with E-state index in [1.54, 1.807) is 10.9 Å². The lowest BCUT2D eigenvalue weighted by molar-refractivity contribution is 0.0778. The number of carbonyl (C=O) groups is 1. The molecule has 19 heavy (non-hydrogen) atoms. The minimum atomic E-state index is 0. The van der Waals surface area contributed by atoms with Crippen LogP contribution in [0.3, 0.4) is 0 Å². The van der Waals surface area contributed by atoms with E-state index in [1.165, 1.54) is 6.42 Å². The van der Waals surface area contributed by atoms with Gasteiger partial charge in [0.2, 0.25) is 0 Å². The lowest BCUT2D eigenvalue weighted by Crippen LogP contribution is -2.33. The Hall–Kier alpha value is -1.07. The largest absolute Gasteiger partial charge is 0.338 e. The van der Waals surface area contributed by atoms with Gasteiger partial charge in [-0.1, -0.05) is 0 Å². The summed E-state index contributed by atoms with van der Waals surface area (Å²) in [7, 11) is 1.86. The van der Waals surface area contributed by atoms with E-state index in [9.17, 15) is 4.79 Å². The van der Waals surface area contributed by atoms with Crippen LogP contribution in [0.25, 0.3) is 0 Å². The molecule has 2 heterocycles. The molecule has 2 aliphatic rings. The molecule has 0 aromatic carbocycles. The molecule has 2 fully saturated rings. The zero-order valence-corrected chi connectivity index (χ0v) is 12.2. The summed E-state index contributed by atoms with van der Waals surface area (Å²) in [5, 5.41) is 4.14. The van der Waals surface area contributed by atoms with Crippen molar-refractivity contribution in [3.63, 3.8) is 0 Å². The number of fused-ring (bicyclic) bond motifs is 1. The third-order valence-electron chi connectivity index (χ3n) is 4.67. The molecule has 1 amide bonds. The van der Waals surface area contributed by atoms with Gasteiger partial charge in [-0.15, -0.1) is 12.4 Å². The van der Waals surface area contributed by atoms with Crippen molar-refractivity contribution < 1.29 is 4.79 Å². The summed E-state index contributed by atoms with van der Waals surface area (Å²) in [4.78, 5) is 14.4. The quantitative estimate of drug-likeness (QED) is 0.835. The van der Waals surface area contributed by atoms with Gasteiger partial charge >= 0.3 is 0 Å². The fraction of sp³-hybridized carbons (Fsp3) is 0.692. The van der Waals surface area contributed by atoms with Gasteiger partial charge in [0.25, 0.3) is 5.91 Å². The number of hydrogen-bond acceptors (Lipinski definition) is 3. The summed E-state index contributed by atoms with van der Waals surface area (Å²) in [5.41, 5.74) is 7.76. The maximum Gasteiger partial charge on any atom is 0.257 e. The van der Waals surface area contributed by atoms with Gasteiger partial charge in [0.15, 0.2) is 0 Å². The number of aromatic nitrogens is 2. The summed E-state index contributed by atoms with van der Waals surface area (Å²) in [5.74, 6) is 1.23. The number of carbonyl (C=O) groups excluding carboxylic acids is 1. The van der Waals surface area contributed by atoms with Crippen LogP contribution in [0.4, 0.5) is 0 Å². The van der Waals surface area contributed by atoms with Crippen molar-refractivity contribution in [1.82, 2.24) is 14.7 Å². The zero-order chi connectivity index (χ0) is 12.9. The Labute approximate surface area is 119 Å². The van der Waals surface area contributed by atoms with Crippen molar-refractivity contribution in [2.75, 3.05) is 13.1 Å². The van der Waals surface area contributed by atoms with Crippen molar-refractivity contribution in [3.8, 4) is 0 Å². The van der Waals surface area contributed by atoms with Gasteiger partial charge in [0.1, 0.15) is 0 Å². The molecular formula is C13H21ClN4O. The van der Waals surface area contributed by atoms with Gasteiger partial charge < -0.3 is 10.6 Å². The summed E-state index contributed by atoms with van der Waals surface area (Å²) < 4.78 is 1.75. The number of halogens is 1. The molecule has 0 bridgehead atoms. The minimum Gasteiger partial charge on any atom is -0.338 e. The Bertz CT molecular complexity index is 487. The van der Waals surface area contributed by atoms with Crippen LogP contribution >= 0.6 is 12.4 Å². The van der Waals surface area contributed by atoms with Crippen LogP contribution in [0.5, 0.6) is 0 Å². The second kappa shape index (κ2) is 5.13. The standard InChI is InChI=1S/C13H20N4O.ClH/c1-8-10(5-15-16(8)2)13(18)17-6-9-3-4-12(14)11(9)7-17;/h5,9,11-12H,3-4,6-7,14H2,1-2H3;1H. The average Bonchev–Trinajstić information content (AvgIpc) is 2.99. The summed E-state index contributed by atoms with van der Waals surface area (Å²) >= 11 is 0. The topological polar surface area (TPSA) is 64.2 Å². The van der Waals surface area contributed by atoms with E-state index in [2.05, 4.69) is 5.10 Å². The van der Waals surface area contributed by atoms with Crippen LogP contribution in [0, 0.1) is 18.8 Å². The van der Waals surface area contributed by atoms with Gasteiger partial charge in [-0.2, -0.15) is 5.10 Å². The molecule has 106 valence electrons. The van der Waals surface area contributed by atoms with E-state index in [0.29, 0.717) is 11.8 Å². The number of hydrogen-bond donors (Lipinski definition) is 1. The first-order chi connectivity index (χ1) is 8.58. The SMILES string of the molecule is Cc1c(C(=O)N2CC3CCC(N)C3C2)cnn1C.Cl. The summed E-state index contributed by atoms with van der Waals surface area (Å²) in [6.07, 6.45) is 3.95. The molecule has 2 N–H and O–H groups in total. The van der Waals surface area contributed by atoms with E-state index < -0.39 is 0 Å². The number of amides is 1. The third-order valence-corrected chi connectivity index (χ3v) is 4.67. The Morgan fingerprint density at radius 3 is 2.74 bits per heavy atom.